The first-order chi connectivity index (χ1) is 24.6. The maximum Gasteiger partial charge on any atom is 0.275 e. The molecule has 268 valence electrons. The number of fused-ring (bicyclic) bond motifs is 2. The van der Waals surface area contributed by atoms with Crippen LogP contribution in [0.4, 0.5) is 5.69 Å². The SMILES string of the molecule is CC(C)(C)NC(=O)C1CCC2CCCCC2N1CC1CC(c2ccc(CO)cc2)OC(c2cccc(NC(=O)c3cnc4ccccc4n3)c2)O1. The van der Waals surface area contributed by atoms with Gasteiger partial charge in [-0.25, -0.2) is 4.98 Å². The second-order valence-corrected chi connectivity index (χ2v) is 15.3. The quantitative estimate of drug-likeness (QED) is 0.183. The second kappa shape index (κ2) is 15.2. The van der Waals surface area contributed by atoms with E-state index in [9.17, 15) is 14.7 Å². The summed E-state index contributed by atoms with van der Waals surface area (Å²) in [5.41, 5.74) is 4.48. The number of benzene rings is 3. The van der Waals surface area contributed by atoms with Gasteiger partial charge in [0.1, 0.15) is 5.69 Å². The molecule has 0 bridgehead atoms. The Bertz CT molecular complexity index is 1840. The number of aliphatic hydroxyl groups excluding tert-OH is 1. The van der Waals surface area contributed by atoms with Gasteiger partial charge in [-0.15, -0.1) is 0 Å². The topological polar surface area (TPSA) is 126 Å². The highest BCUT2D eigenvalue weighted by Crippen LogP contribution is 2.42. The number of para-hydroxylation sites is 2. The Labute approximate surface area is 300 Å². The highest BCUT2D eigenvalue weighted by Gasteiger charge is 2.44. The van der Waals surface area contributed by atoms with Crippen molar-refractivity contribution >= 4 is 28.5 Å². The van der Waals surface area contributed by atoms with Crippen LogP contribution in [0.15, 0.2) is 79.0 Å². The summed E-state index contributed by atoms with van der Waals surface area (Å²) in [6, 6.07) is 23.0. The lowest BCUT2D eigenvalue weighted by Crippen LogP contribution is -2.61. The zero-order valence-corrected chi connectivity index (χ0v) is 29.8. The Hall–Kier alpha value is -4.22. The fraction of sp³-hybridized carbons (Fsp3) is 0.463. The minimum atomic E-state index is -0.711. The van der Waals surface area contributed by atoms with Crippen LogP contribution in [0.2, 0.25) is 0 Å². The molecule has 10 nitrogen and oxygen atoms in total. The van der Waals surface area contributed by atoms with E-state index in [2.05, 4.69) is 25.5 Å². The first-order valence-electron chi connectivity index (χ1n) is 18.3. The van der Waals surface area contributed by atoms with Crippen LogP contribution < -0.4 is 10.6 Å². The molecule has 2 aliphatic heterocycles. The molecule has 0 radical (unpaired) electrons. The number of ether oxygens (including phenoxy) is 2. The molecule has 3 N–H and O–H groups in total. The van der Waals surface area contributed by atoms with E-state index < -0.39 is 6.29 Å². The van der Waals surface area contributed by atoms with E-state index in [-0.39, 0.29) is 47.9 Å². The number of rotatable bonds is 8. The molecule has 0 spiro atoms. The van der Waals surface area contributed by atoms with E-state index in [0.29, 0.717) is 36.1 Å². The van der Waals surface area contributed by atoms with Gasteiger partial charge in [0.2, 0.25) is 5.91 Å². The number of likely N-dealkylation sites (tertiary alicyclic amines) is 1. The van der Waals surface area contributed by atoms with Crippen molar-refractivity contribution in [3.05, 3.63) is 101 Å². The number of carbonyl (C=O) groups is 2. The molecular formula is C41H49N5O5. The minimum absolute atomic E-state index is 0.0288. The molecule has 51 heavy (non-hydrogen) atoms. The number of nitrogens with zero attached hydrogens (tertiary/aromatic N) is 3. The van der Waals surface area contributed by atoms with Crippen molar-refractivity contribution in [1.29, 1.82) is 0 Å². The van der Waals surface area contributed by atoms with E-state index in [4.69, 9.17) is 9.47 Å². The molecule has 3 heterocycles. The molecule has 6 atom stereocenters. The zero-order chi connectivity index (χ0) is 35.5. The van der Waals surface area contributed by atoms with E-state index >= 15 is 0 Å². The fourth-order valence-electron chi connectivity index (χ4n) is 8.02. The van der Waals surface area contributed by atoms with Crippen LogP contribution in [0, 0.1) is 5.92 Å². The maximum atomic E-state index is 13.8. The van der Waals surface area contributed by atoms with Gasteiger partial charge < -0.3 is 25.2 Å². The molecule has 3 aliphatic rings. The Morgan fingerprint density at radius 1 is 0.902 bits per heavy atom. The number of anilines is 1. The van der Waals surface area contributed by atoms with Crippen molar-refractivity contribution in [2.45, 2.75) is 108 Å². The number of hydrogen-bond acceptors (Lipinski definition) is 8. The average Bonchev–Trinajstić information content (AvgIpc) is 3.14. The number of hydrogen-bond donors (Lipinski definition) is 3. The zero-order valence-electron chi connectivity index (χ0n) is 29.8. The number of nitrogens with one attached hydrogen (secondary N) is 2. The lowest BCUT2D eigenvalue weighted by molar-refractivity contribution is -0.255. The van der Waals surface area contributed by atoms with Crippen molar-refractivity contribution < 1.29 is 24.2 Å². The molecule has 1 aromatic heterocycles. The van der Waals surface area contributed by atoms with Gasteiger partial charge in [-0.2, -0.15) is 0 Å². The summed E-state index contributed by atoms with van der Waals surface area (Å²) in [4.78, 5) is 38.4. The molecule has 7 rings (SSSR count). The number of aromatic nitrogens is 2. The first-order valence-corrected chi connectivity index (χ1v) is 18.3. The molecule has 3 aromatic carbocycles. The first kappa shape index (κ1) is 35.2. The summed E-state index contributed by atoms with van der Waals surface area (Å²) in [7, 11) is 0. The van der Waals surface area contributed by atoms with Gasteiger partial charge in [-0.1, -0.05) is 61.4 Å². The van der Waals surface area contributed by atoms with Crippen LogP contribution >= 0.6 is 0 Å². The van der Waals surface area contributed by atoms with Crippen LogP contribution in [-0.4, -0.2) is 62.1 Å². The summed E-state index contributed by atoms with van der Waals surface area (Å²) in [5.74, 6) is 0.315. The van der Waals surface area contributed by atoms with E-state index in [0.717, 1.165) is 41.5 Å². The van der Waals surface area contributed by atoms with Crippen molar-refractivity contribution in [2.24, 2.45) is 5.92 Å². The van der Waals surface area contributed by atoms with Gasteiger partial charge in [0, 0.05) is 35.8 Å². The summed E-state index contributed by atoms with van der Waals surface area (Å²) in [6.07, 6.45) is 7.52. The van der Waals surface area contributed by atoms with Crippen molar-refractivity contribution in [2.75, 3.05) is 11.9 Å². The highest BCUT2D eigenvalue weighted by molar-refractivity contribution is 6.03. The van der Waals surface area contributed by atoms with Crippen LogP contribution in [0.1, 0.15) is 105 Å². The third-order valence-electron chi connectivity index (χ3n) is 10.4. The number of carbonyl (C=O) groups excluding carboxylic acids is 2. The predicted molar refractivity (Wildman–Crippen MR) is 196 cm³/mol. The Kier molecular flexibility index (Phi) is 10.5. The van der Waals surface area contributed by atoms with Gasteiger partial charge in [-0.3, -0.25) is 19.5 Å². The lowest BCUT2D eigenvalue weighted by Gasteiger charge is -2.50. The van der Waals surface area contributed by atoms with Gasteiger partial charge in [0.05, 0.1) is 42.1 Å². The predicted octanol–water partition coefficient (Wildman–Crippen LogP) is 6.86. The van der Waals surface area contributed by atoms with Crippen LogP contribution in [0.5, 0.6) is 0 Å². The summed E-state index contributed by atoms with van der Waals surface area (Å²) in [5, 5.41) is 15.9. The molecule has 2 saturated heterocycles. The third-order valence-corrected chi connectivity index (χ3v) is 10.4. The molecule has 6 unspecified atom stereocenters. The average molecular weight is 692 g/mol. The normalized spacial score (nSPS) is 25.6. The smallest absolute Gasteiger partial charge is 0.275 e. The summed E-state index contributed by atoms with van der Waals surface area (Å²) < 4.78 is 13.5. The van der Waals surface area contributed by atoms with E-state index in [1.54, 1.807) is 0 Å². The Balaban J connectivity index is 1.15. The molecule has 10 heteroatoms. The number of aliphatic hydroxyl groups is 1. The minimum Gasteiger partial charge on any atom is -0.392 e. The largest absolute Gasteiger partial charge is 0.392 e. The van der Waals surface area contributed by atoms with Gasteiger partial charge in [-0.05, 0) is 87.8 Å². The number of amides is 2. The second-order valence-electron chi connectivity index (χ2n) is 15.3. The van der Waals surface area contributed by atoms with Crippen molar-refractivity contribution in [1.82, 2.24) is 20.2 Å². The molecule has 2 amide bonds. The Morgan fingerprint density at radius 3 is 2.47 bits per heavy atom. The maximum absolute atomic E-state index is 13.8. The third kappa shape index (κ3) is 8.31. The monoisotopic (exact) mass is 691 g/mol. The van der Waals surface area contributed by atoms with Crippen molar-refractivity contribution in [3.8, 4) is 0 Å². The van der Waals surface area contributed by atoms with Gasteiger partial charge in [0.25, 0.3) is 5.91 Å². The molecule has 1 saturated carbocycles. The van der Waals surface area contributed by atoms with Crippen LogP contribution in [0.3, 0.4) is 0 Å². The molecule has 4 aromatic rings. The van der Waals surface area contributed by atoms with Crippen LogP contribution in [0.25, 0.3) is 11.0 Å². The van der Waals surface area contributed by atoms with Crippen molar-refractivity contribution in [3.63, 3.8) is 0 Å². The summed E-state index contributed by atoms with van der Waals surface area (Å²) >= 11 is 0. The molecular weight excluding hydrogens is 642 g/mol. The summed E-state index contributed by atoms with van der Waals surface area (Å²) in [6.45, 7) is 6.69. The van der Waals surface area contributed by atoms with Crippen LogP contribution in [-0.2, 0) is 20.9 Å². The standard InChI is InChI=1S/C41H49N5O5/c1-41(2,3)45-39(49)36-20-19-27-9-4-7-14-35(27)46(36)24-31-22-37(28-17-15-26(25-47)16-18-28)51-40(50-31)29-10-8-11-30(21-29)43-38(48)34-23-42-32-12-5-6-13-33(32)44-34/h5-6,8,10-13,15-18,21,23,27,31,35-37,40,47H,4,7,9,14,19-20,22,24-25H2,1-3H3,(H,43,48)(H,45,49). The Morgan fingerprint density at radius 2 is 1.69 bits per heavy atom. The number of piperidine rings is 1. The van der Waals surface area contributed by atoms with Gasteiger partial charge in [0.15, 0.2) is 6.29 Å². The molecule has 3 fully saturated rings. The fourth-order valence-corrected chi connectivity index (χ4v) is 8.02. The van der Waals surface area contributed by atoms with E-state index in [1.807, 2.05) is 93.6 Å². The van der Waals surface area contributed by atoms with Gasteiger partial charge >= 0.3 is 0 Å². The molecule has 1 aliphatic carbocycles. The lowest BCUT2D eigenvalue weighted by atomic mass is 9.75. The highest BCUT2D eigenvalue weighted by atomic mass is 16.7. The van der Waals surface area contributed by atoms with E-state index in [1.165, 1.54) is 25.5 Å².